The van der Waals surface area contributed by atoms with Crippen molar-refractivity contribution in [1.82, 2.24) is 4.57 Å². The monoisotopic (exact) mass is 362 g/mol. The summed E-state index contributed by atoms with van der Waals surface area (Å²) in [6, 6.07) is 11.7. The number of hydrogen-bond acceptors (Lipinski definition) is 4. The average Bonchev–Trinajstić information content (AvgIpc) is 2.56. The van der Waals surface area contributed by atoms with Crippen molar-refractivity contribution < 1.29 is 9.53 Å². The maximum atomic E-state index is 12.9. The number of nitrogens with zero attached hydrogens (tertiary/aromatic N) is 1. The van der Waals surface area contributed by atoms with E-state index in [0.29, 0.717) is 26.6 Å². The molecule has 1 heterocycles. The molecule has 7 heteroatoms. The Bertz CT molecular complexity index is 1030. The Morgan fingerprint density at radius 1 is 1.17 bits per heavy atom. The number of ether oxygens (including phenoxy) is 1. The first-order chi connectivity index (χ1) is 11.5. The van der Waals surface area contributed by atoms with Gasteiger partial charge in [-0.15, -0.1) is 0 Å². The molecule has 0 unspecified atom stereocenters. The molecule has 0 spiro atoms. The number of benzene rings is 2. The van der Waals surface area contributed by atoms with Gasteiger partial charge in [0.1, 0.15) is 5.56 Å². The maximum Gasteiger partial charge on any atom is 0.345 e. The van der Waals surface area contributed by atoms with E-state index in [4.69, 9.17) is 33.7 Å². The molecule has 0 bridgehead atoms. The van der Waals surface area contributed by atoms with Crippen LogP contribution >= 0.6 is 23.2 Å². The maximum absolute atomic E-state index is 12.9. The van der Waals surface area contributed by atoms with Crippen molar-refractivity contribution in [3.05, 3.63) is 68.4 Å². The van der Waals surface area contributed by atoms with E-state index in [9.17, 15) is 9.59 Å². The number of rotatable bonds is 2. The quantitative estimate of drug-likeness (QED) is 0.705. The summed E-state index contributed by atoms with van der Waals surface area (Å²) >= 11 is 12.3. The molecule has 2 N–H and O–H groups in total. The molecule has 0 aliphatic heterocycles. The van der Waals surface area contributed by atoms with Crippen molar-refractivity contribution in [1.29, 1.82) is 0 Å². The molecular weight excluding hydrogens is 351 g/mol. The molecule has 122 valence electrons. The van der Waals surface area contributed by atoms with Crippen molar-refractivity contribution in [2.75, 3.05) is 12.8 Å². The highest BCUT2D eigenvalue weighted by Gasteiger charge is 2.23. The highest BCUT2D eigenvalue weighted by molar-refractivity contribution is 6.32. The summed E-state index contributed by atoms with van der Waals surface area (Å²) < 4.78 is 6.01. The summed E-state index contributed by atoms with van der Waals surface area (Å²) in [7, 11) is 1.19. The van der Waals surface area contributed by atoms with Gasteiger partial charge < -0.3 is 10.5 Å². The lowest BCUT2D eigenvalue weighted by atomic mass is 10.1. The van der Waals surface area contributed by atoms with Gasteiger partial charge in [-0.2, -0.15) is 0 Å². The van der Waals surface area contributed by atoms with Crippen LogP contribution in [0.3, 0.4) is 0 Å². The Labute approximate surface area is 147 Å². The number of aromatic nitrogens is 1. The van der Waals surface area contributed by atoms with Gasteiger partial charge in [0.05, 0.1) is 29.0 Å². The third-order valence-corrected chi connectivity index (χ3v) is 4.21. The largest absolute Gasteiger partial charge is 0.465 e. The number of anilines is 1. The highest BCUT2D eigenvalue weighted by Crippen LogP contribution is 2.29. The van der Waals surface area contributed by atoms with Crippen molar-refractivity contribution in [3.8, 4) is 5.69 Å². The van der Waals surface area contributed by atoms with E-state index in [-0.39, 0.29) is 11.3 Å². The fourth-order valence-corrected chi connectivity index (χ4v) is 2.95. The van der Waals surface area contributed by atoms with Gasteiger partial charge in [0.15, 0.2) is 0 Å². The number of fused-ring (bicyclic) bond motifs is 1. The Hall–Kier alpha value is -2.50. The molecular formula is C17H12Cl2N2O3. The molecule has 0 aliphatic carbocycles. The zero-order valence-corrected chi connectivity index (χ0v) is 14.1. The van der Waals surface area contributed by atoms with Gasteiger partial charge >= 0.3 is 5.97 Å². The number of carbonyl (C=O) groups is 1. The first kappa shape index (κ1) is 16.4. The van der Waals surface area contributed by atoms with Gasteiger partial charge in [0.2, 0.25) is 0 Å². The predicted molar refractivity (Wildman–Crippen MR) is 95.3 cm³/mol. The van der Waals surface area contributed by atoms with Gasteiger partial charge in [0.25, 0.3) is 5.56 Å². The molecule has 24 heavy (non-hydrogen) atoms. The summed E-state index contributed by atoms with van der Waals surface area (Å²) in [5.41, 5.74) is 6.09. The molecule has 5 nitrogen and oxygen atoms in total. The first-order valence-electron chi connectivity index (χ1n) is 6.92. The topological polar surface area (TPSA) is 74.3 Å². The number of hydrogen-bond donors (Lipinski definition) is 1. The van der Waals surface area contributed by atoms with Gasteiger partial charge in [-0.3, -0.25) is 9.36 Å². The lowest BCUT2D eigenvalue weighted by Gasteiger charge is -2.16. The second-order valence-corrected chi connectivity index (χ2v) is 5.88. The molecule has 0 saturated carbocycles. The predicted octanol–water partition coefficient (Wildman–Crippen LogP) is 3.67. The minimum Gasteiger partial charge on any atom is -0.465 e. The average molecular weight is 363 g/mol. The van der Waals surface area contributed by atoms with E-state index in [1.165, 1.54) is 11.7 Å². The van der Waals surface area contributed by atoms with Gasteiger partial charge in [0, 0.05) is 10.4 Å². The van der Waals surface area contributed by atoms with Crippen LogP contribution in [0.2, 0.25) is 10.0 Å². The molecule has 3 rings (SSSR count). The lowest BCUT2D eigenvalue weighted by molar-refractivity contribution is 0.0600. The van der Waals surface area contributed by atoms with Gasteiger partial charge in [-0.25, -0.2) is 4.79 Å². The minimum absolute atomic E-state index is 0.0434. The molecule has 1 aromatic heterocycles. The number of para-hydroxylation sites is 1. The Balaban J connectivity index is 2.56. The minimum atomic E-state index is -0.810. The number of nitrogens with two attached hydrogens (primary N) is 1. The van der Waals surface area contributed by atoms with E-state index in [1.54, 1.807) is 42.5 Å². The van der Waals surface area contributed by atoms with E-state index in [1.807, 2.05) is 0 Å². The Morgan fingerprint density at radius 2 is 1.88 bits per heavy atom. The van der Waals surface area contributed by atoms with Gasteiger partial charge in [-0.05, 0) is 30.3 Å². The zero-order chi connectivity index (χ0) is 17.4. The van der Waals surface area contributed by atoms with E-state index in [2.05, 4.69) is 0 Å². The Morgan fingerprint density at radius 3 is 2.54 bits per heavy atom. The first-order valence-corrected chi connectivity index (χ1v) is 7.68. The van der Waals surface area contributed by atoms with Crippen LogP contribution in [0.5, 0.6) is 0 Å². The number of methoxy groups -OCH3 is 1. The SMILES string of the molecule is COC(=O)c1c(N)c2ccc(Cl)cc2n(-c2ccccc2Cl)c1=O. The fourth-order valence-electron chi connectivity index (χ4n) is 2.56. The van der Waals surface area contributed by atoms with Crippen molar-refractivity contribution >= 4 is 45.8 Å². The summed E-state index contributed by atoms with van der Waals surface area (Å²) in [4.78, 5) is 25.0. The zero-order valence-electron chi connectivity index (χ0n) is 12.5. The molecule has 0 radical (unpaired) electrons. The fraction of sp³-hybridized carbons (Fsp3) is 0.0588. The van der Waals surface area contributed by atoms with Crippen LogP contribution < -0.4 is 11.3 Å². The highest BCUT2D eigenvalue weighted by atomic mass is 35.5. The molecule has 3 aromatic rings. The summed E-state index contributed by atoms with van der Waals surface area (Å²) in [5.74, 6) is -0.810. The van der Waals surface area contributed by atoms with Crippen molar-refractivity contribution in [2.24, 2.45) is 0 Å². The summed E-state index contributed by atoms with van der Waals surface area (Å²) in [5, 5.41) is 1.27. The molecule has 0 aliphatic rings. The van der Waals surface area contributed by atoms with Crippen LogP contribution in [0, 0.1) is 0 Å². The van der Waals surface area contributed by atoms with Crippen molar-refractivity contribution in [3.63, 3.8) is 0 Å². The molecule has 0 atom stereocenters. The van der Waals surface area contributed by atoms with Crippen LogP contribution in [-0.4, -0.2) is 17.6 Å². The lowest BCUT2D eigenvalue weighted by Crippen LogP contribution is -2.28. The number of carbonyl (C=O) groups excluding carboxylic acids is 1. The third-order valence-electron chi connectivity index (χ3n) is 3.66. The number of nitrogen functional groups attached to an aromatic ring is 1. The van der Waals surface area contributed by atoms with E-state index < -0.39 is 11.5 Å². The van der Waals surface area contributed by atoms with Crippen LogP contribution in [0.15, 0.2) is 47.3 Å². The van der Waals surface area contributed by atoms with Crippen LogP contribution in [0.1, 0.15) is 10.4 Å². The standard InChI is InChI=1S/C17H12Cl2N2O3/c1-24-17(23)14-15(20)10-7-6-9(18)8-13(10)21(16(14)22)12-5-3-2-4-11(12)19/h2-8H,20H2,1H3. The van der Waals surface area contributed by atoms with Crippen LogP contribution in [0.25, 0.3) is 16.6 Å². The van der Waals surface area contributed by atoms with E-state index >= 15 is 0 Å². The molecule has 0 saturated heterocycles. The normalized spacial score (nSPS) is 10.8. The Kier molecular flexibility index (Phi) is 4.22. The molecule has 0 amide bonds. The van der Waals surface area contributed by atoms with E-state index in [0.717, 1.165) is 0 Å². The molecule has 0 fully saturated rings. The number of esters is 1. The van der Waals surface area contributed by atoms with Crippen LogP contribution in [0.4, 0.5) is 5.69 Å². The second-order valence-electron chi connectivity index (χ2n) is 5.03. The van der Waals surface area contributed by atoms with Crippen molar-refractivity contribution in [2.45, 2.75) is 0 Å². The second kappa shape index (κ2) is 6.19. The third kappa shape index (κ3) is 2.52. The summed E-state index contributed by atoms with van der Waals surface area (Å²) in [6.45, 7) is 0. The molecule has 2 aromatic carbocycles. The van der Waals surface area contributed by atoms with Crippen LogP contribution in [-0.2, 0) is 4.74 Å². The number of pyridine rings is 1. The number of halogens is 2. The van der Waals surface area contributed by atoms with Gasteiger partial charge in [-0.1, -0.05) is 35.3 Å². The summed E-state index contributed by atoms with van der Waals surface area (Å²) in [6.07, 6.45) is 0. The smallest absolute Gasteiger partial charge is 0.345 e.